The zero-order chi connectivity index (χ0) is 18.0. The molecule has 3 rings (SSSR count). The van der Waals surface area contributed by atoms with Crippen molar-refractivity contribution in [3.8, 4) is 5.75 Å². The second-order valence-corrected chi connectivity index (χ2v) is 7.83. The van der Waals surface area contributed by atoms with Gasteiger partial charge in [0.05, 0.1) is 5.56 Å². The van der Waals surface area contributed by atoms with Crippen molar-refractivity contribution in [2.75, 3.05) is 0 Å². The van der Waals surface area contributed by atoms with Crippen molar-refractivity contribution in [3.63, 3.8) is 0 Å². The fourth-order valence-electron chi connectivity index (χ4n) is 3.64. The van der Waals surface area contributed by atoms with E-state index in [0.29, 0.717) is 23.7 Å². The second kappa shape index (κ2) is 7.65. The van der Waals surface area contributed by atoms with E-state index in [1.807, 2.05) is 44.2 Å². The smallest absolute Gasteiger partial charge is 0.343 e. The monoisotopic (exact) mass is 360 g/mol. The van der Waals surface area contributed by atoms with Crippen molar-refractivity contribution in [2.24, 2.45) is 5.92 Å². The number of halogens is 1. The average molecular weight is 361 g/mol. The Labute approximate surface area is 153 Å². The zero-order valence-corrected chi connectivity index (χ0v) is 15.5. The van der Waals surface area contributed by atoms with E-state index in [0.717, 1.165) is 24.8 Å². The van der Waals surface area contributed by atoms with E-state index in [4.69, 9.17) is 16.0 Å². The molecule has 1 aliphatic carbocycles. The molecular formula is C21H25ClO3. The number of aromatic hydroxyl groups is 1. The average Bonchev–Trinajstić information content (AvgIpc) is 3.41. The van der Waals surface area contributed by atoms with Crippen LogP contribution in [-0.4, -0.2) is 10.5 Å². The van der Waals surface area contributed by atoms with Crippen molar-refractivity contribution in [2.45, 2.75) is 56.7 Å². The quantitative estimate of drug-likeness (QED) is 0.672. The number of benzene rings is 1. The number of hydrogen-bond donors (Lipinski definition) is 1. The molecule has 134 valence electrons. The van der Waals surface area contributed by atoms with Gasteiger partial charge >= 0.3 is 5.63 Å². The topological polar surface area (TPSA) is 50.4 Å². The fraction of sp³-hybridized carbons (Fsp3) is 0.476. The van der Waals surface area contributed by atoms with Gasteiger partial charge in [-0.2, -0.15) is 0 Å². The van der Waals surface area contributed by atoms with Gasteiger partial charge in [-0.25, -0.2) is 4.79 Å². The van der Waals surface area contributed by atoms with Crippen LogP contribution in [0.25, 0.3) is 0 Å². The summed E-state index contributed by atoms with van der Waals surface area (Å²) in [6, 6.07) is 11.5. The molecule has 0 amide bonds. The van der Waals surface area contributed by atoms with Crippen molar-refractivity contribution in [3.05, 3.63) is 63.7 Å². The third-order valence-corrected chi connectivity index (χ3v) is 5.23. The molecule has 25 heavy (non-hydrogen) atoms. The van der Waals surface area contributed by atoms with Gasteiger partial charge in [-0.15, -0.1) is 11.6 Å². The maximum atomic E-state index is 12.8. The summed E-state index contributed by atoms with van der Waals surface area (Å²) in [4.78, 5) is 12.8. The van der Waals surface area contributed by atoms with E-state index >= 15 is 0 Å². The first-order valence-electron chi connectivity index (χ1n) is 9.07. The van der Waals surface area contributed by atoms with Crippen LogP contribution in [-0.2, 0) is 0 Å². The number of rotatable bonds is 7. The predicted molar refractivity (Wildman–Crippen MR) is 101 cm³/mol. The molecule has 1 aliphatic rings. The van der Waals surface area contributed by atoms with Crippen molar-refractivity contribution in [1.29, 1.82) is 0 Å². The van der Waals surface area contributed by atoms with Crippen LogP contribution in [0.5, 0.6) is 5.75 Å². The normalized spacial score (nSPS) is 17.9. The molecule has 0 aliphatic heterocycles. The molecule has 1 heterocycles. The molecule has 3 unspecified atom stereocenters. The minimum Gasteiger partial charge on any atom is -0.507 e. The van der Waals surface area contributed by atoms with Crippen LogP contribution in [0.4, 0.5) is 0 Å². The predicted octanol–water partition coefficient (Wildman–Crippen LogP) is 5.40. The van der Waals surface area contributed by atoms with Crippen LogP contribution in [0.1, 0.15) is 68.3 Å². The van der Waals surface area contributed by atoms with Crippen LogP contribution >= 0.6 is 11.6 Å². The van der Waals surface area contributed by atoms with Crippen LogP contribution < -0.4 is 5.63 Å². The summed E-state index contributed by atoms with van der Waals surface area (Å²) < 4.78 is 5.65. The van der Waals surface area contributed by atoms with E-state index in [1.54, 1.807) is 6.07 Å². The third kappa shape index (κ3) is 4.09. The molecular weight excluding hydrogens is 336 g/mol. The number of hydrogen-bond acceptors (Lipinski definition) is 3. The lowest BCUT2D eigenvalue weighted by Crippen LogP contribution is -2.17. The molecule has 0 bridgehead atoms. The molecule has 1 N–H and O–H groups in total. The van der Waals surface area contributed by atoms with Gasteiger partial charge in [0.1, 0.15) is 11.5 Å². The Morgan fingerprint density at radius 2 is 1.96 bits per heavy atom. The molecule has 1 aromatic carbocycles. The van der Waals surface area contributed by atoms with Crippen LogP contribution in [0.3, 0.4) is 0 Å². The SMILES string of the molecule is CCC(CC(C)Cl)c1cc(O)c(C(c2ccccc2)C2CC2)c(=O)o1. The highest BCUT2D eigenvalue weighted by Gasteiger charge is 2.37. The first-order valence-corrected chi connectivity index (χ1v) is 9.50. The molecule has 0 spiro atoms. The van der Waals surface area contributed by atoms with Crippen molar-refractivity contribution in [1.82, 2.24) is 0 Å². The van der Waals surface area contributed by atoms with E-state index in [9.17, 15) is 9.90 Å². The second-order valence-electron chi connectivity index (χ2n) is 7.08. The van der Waals surface area contributed by atoms with Gasteiger partial charge < -0.3 is 9.52 Å². The minimum atomic E-state index is -0.420. The lowest BCUT2D eigenvalue weighted by Gasteiger charge is -2.20. The first-order chi connectivity index (χ1) is 12.0. The maximum absolute atomic E-state index is 12.8. The lowest BCUT2D eigenvalue weighted by atomic mass is 9.87. The Hall–Kier alpha value is -1.74. The van der Waals surface area contributed by atoms with Crippen molar-refractivity contribution >= 4 is 11.6 Å². The van der Waals surface area contributed by atoms with Gasteiger partial charge in [0.15, 0.2) is 0 Å². The van der Waals surface area contributed by atoms with Gasteiger partial charge in [-0.05, 0) is 44.1 Å². The van der Waals surface area contributed by atoms with Crippen molar-refractivity contribution < 1.29 is 9.52 Å². The highest BCUT2D eigenvalue weighted by atomic mass is 35.5. The molecule has 1 saturated carbocycles. The third-order valence-electron chi connectivity index (χ3n) is 5.05. The van der Waals surface area contributed by atoms with E-state index in [2.05, 4.69) is 0 Å². The Morgan fingerprint density at radius 1 is 1.28 bits per heavy atom. The molecule has 1 aromatic heterocycles. The molecule has 1 fully saturated rings. The molecule has 3 nitrogen and oxygen atoms in total. The van der Waals surface area contributed by atoms with Crippen LogP contribution in [0, 0.1) is 5.92 Å². The van der Waals surface area contributed by atoms with Gasteiger partial charge in [-0.3, -0.25) is 0 Å². The standard InChI is InChI=1S/C21H25ClO3/c1-3-14(11-13(2)22)18-12-17(23)20(21(24)25-18)19(16-9-10-16)15-7-5-4-6-8-15/h4-8,12-14,16,19,23H,3,9-11H2,1-2H3. The van der Waals surface area contributed by atoms with Gasteiger partial charge in [-0.1, -0.05) is 37.3 Å². The highest BCUT2D eigenvalue weighted by Crippen LogP contribution is 2.47. The molecule has 4 heteroatoms. The Balaban J connectivity index is 2.01. The molecule has 0 radical (unpaired) electrons. The van der Waals surface area contributed by atoms with Gasteiger partial charge in [0.25, 0.3) is 0 Å². The Bertz CT molecular complexity index is 762. The summed E-state index contributed by atoms with van der Waals surface area (Å²) in [6.45, 7) is 3.96. The summed E-state index contributed by atoms with van der Waals surface area (Å²) in [5, 5.41) is 10.7. The molecule has 3 atom stereocenters. The molecule has 0 saturated heterocycles. The summed E-state index contributed by atoms with van der Waals surface area (Å²) >= 11 is 6.11. The Kier molecular flexibility index (Phi) is 5.53. The van der Waals surface area contributed by atoms with Crippen LogP contribution in [0.15, 0.2) is 45.6 Å². The summed E-state index contributed by atoms with van der Waals surface area (Å²) in [7, 11) is 0. The fourth-order valence-corrected chi connectivity index (χ4v) is 3.85. The van der Waals surface area contributed by atoms with Crippen LogP contribution in [0.2, 0.25) is 0 Å². The van der Waals surface area contributed by atoms with E-state index in [-0.39, 0.29) is 23.0 Å². The first kappa shape index (κ1) is 18.1. The maximum Gasteiger partial charge on any atom is 0.343 e. The minimum absolute atomic E-state index is 0.0133. The van der Waals surface area contributed by atoms with E-state index in [1.165, 1.54) is 0 Å². The van der Waals surface area contributed by atoms with Gasteiger partial charge in [0.2, 0.25) is 0 Å². The lowest BCUT2D eigenvalue weighted by molar-refractivity contribution is 0.373. The summed E-state index contributed by atoms with van der Waals surface area (Å²) in [6.07, 6.45) is 3.66. The molecule has 2 aromatic rings. The largest absolute Gasteiger partial charge is 0.507 e. The van der Waals surface area contributed by atoms with Gasteiger partial charge in [0, 0.05) is 23.3 Å². The Morgan fingerprint density at radius 3 is 2.48 bits per heavy atom. The highest BCUT2D eigenvalue weighted by molar-refractivity contribution is 6.20. The van der Waals surface area contributed by atoms with E-state index < -0.39 is 5.63 Å². The zero-order valence-electron chi connectivity index (χ0n) is 14.7. The summed E-state index contributed by atoms with van der Waals surface area (Å²) in [5.74, 6) is 0.915. The number of alkyl halides is 1. The summed E-state index contributed by atoms with van der Waals surface area (Å²) in [5.41, 5.74) is 1.03.